The highest BCUT2D eigenvalue weighted by Gasteiger charge is 2.14. The van der Waals surface area contributed by atoms with Crippen molar-refractivity contribution in [3.63, 3.8) is 0 Å². The molecule has 4 heteroatoms. The number of hydrogen-bond acceptors (Lipinski definition) is 3. The first-order valence-electron chi connectivity index (χ1n) is 6.48. The van der Waals surface area contributed by atoms with Gasteiger partial charge in [-0.2, -0.15) is 0 Å². The lowest BCUT2D eigenvalue weighted by Crippen LogP contribution is -2.13. The topological polar surface area (TPSA) is 37.8 Å². The molecule has 0 saturated heterocycles. The number of aryl methyl sites for hydroxylation is 1. The van der Waals surface area contributed by atoms with Crippen molar-refractivity contribution >= 4 is 17.4 Å². The highest BCUT2D eigenvalue weighted by atomic mass is 35.5. The van der Waals surface area contributed by atoms with Crippen LogP contribution in [0.25, 0.3) is 0 Å². The number of rotatable bonds is 5. The SMILES string of the molecule is CC(Cl)CCCNc1ncnc2c1CCCC2. The third-order valence-corrected chi connectivity index (χ3v) is 3.41. The van der Waals surface area contributed by atoms with Gasteiger partial charge >= 0.3 is 0 Å². The van der Waals surface area contributed by atoms with E-state index in [1.165, 1.54) is 24.1 Å². The molecule has 0 radical (unpaired) electrons. The second-order valence-electron chi connectivity index (χ2n) is 4.70. The predicted octanol–water partition coefficient (Wildman–Crippen LogP) is 3.17. The fourth-order valence-electron chi connectivity index (χ4n) is 2.26. The van der Waals surface area contributed by atoms with Gasteiger partial charge in [0.1, 0.15) is 12.1 Å². The fraction of sp³-hybridized carbons (Fsp3) is 0.692. The van der Waals surface area contributed by atoms with Gasteiger partial charge in [0.2, 0.25) is 0 Å². The summed E-state index contributed by atoms with van der Waals surface area (Å²) in [4.78, 5) is 8.72. The molecule has 0 aliphatic heterocycles. The van der Waals surface area contributed by atoms with Crippen LogP contribution < -0.4 is 5.32 Å². The van der Waals surface area contributed by atoms with E-state index in [1.807, 2.05) is 6.92 Å². The normalized spacial score (nSPS) is 16.4. The molecule has 1 unspecified atom stereocenters. The molecule has 1 N–H and O–H groups in total. The van der Waals surface area contributed by atoms with Crippen molar-refractivity contribution in [3.05, 3.63) is 17.6 Å². The maximum Gasteiger partial charge on any atom is 0.132 e. The zero-order valence-electron chi connectivity index (χ0n) is 10.4. The minimum atomic E-state index is 0.260. The number of anilines is 1. The standard InChI is InChI=1S/C13H20ClN3/c1-10(14)5-4-8-15-13-11-6-2-3-7-12(11)16-9-17-13/h9-10H,2-8H2,1H3,(H,15,16,17). The molecule has 0 saturated carbocycles. The Hall–Kier alpha value is -0.830. The van der Waals surface area contributed by atoms with Crippen LogP contribution in [0.1, 0.15) is 43.9 Å². The van der Waals surface area contributed by atoms with Gasteiger partial charge in [0.15, 0.2) is 0 Å². The molecule has 1 heterocycles. The quantitative estimate of drug-likeness (QED) is 0.647. The van der Waals surface area contributed by atoms with E-state index in [9.17, 15) is 0 Å². The number of nitrogens with zero attached hydrogens (tertiary/aromatic N) is 2. The maximum atomic E-state index is 5.92. The molecule has 0 bridgehead atoms. The molecule has 0 aromatic carbocycles. The third-order valence-electron chi connectivity index (χ3n) is 3.20. The Morgan fingerprint density at radius 2 is 2.18 bits per heavy atom. The Bertz CT molecular complexity index is 366. The zero-order valence-corrected chi connectivity index (χ0v) is 11.1. The van der Waals surface area contributed by atoms with E-state index in [1.54, 1.807) is 6.33 Å². The number of alkyl halides is 1. The largest absolute Gasteiger partial charge is 0.370 e. The van der Waals surface area contributed by atoms with Crippen molar-refractivity contribution in [1.82, 2.24) is 9.97 Å². The molecule has 1 aromatic heterocycles. The van der Waals surface area contributed by atoms with Crippen molar-refractivity contribution in [2.24, 2.45) is 0 Å². The second-order valence-corrected chi connectivity index (χ2v) is 5.45. The Morgan fingerprint density at radius 1 is 1.35 bits per heavy atom. The van der Waals surface area contributed by atoms with E-state index in [0.717, 1.165) is 38.0 Å². The van der Waals surface area contributed by atoms with Crippen LogP contribution in [0, 0.1) is 0 Å². The number of halogens is 1. The third kappa shape index (κ3) is 3.56. The Kier molecular flexibility index (Phi) is 4.60. The minimum Gasteiger partial charge on any atom is -0.370 e. The molecular weight excluding hydrogens is 234 g/mol. The van der Waals surface area contributed by atoms with Gasteiger partial charge in [-0.25, -0.2) is 9.97 Å². The zero-order chi connectivity index (χ0) is 12.1. The van der Waals surface area contributed by atoms with Crippen molar-refractivity contribution in [2.45, 2.75) is 50.8 Å². The van der Waals surface area contributed by atoms with Gasteiger partial charge in [0, 0.05) is 23.2 Å². The van der Waals surface area contributed by atoms with Crippen molar-refractivity contribution in [2.75, 3.05) is 11.9 Å². The van der Waals surface area contributed by atoms with Gasteiger partial charge in [-0.15, -0.1) is 11.6 Å². The van der Waals surface area contributed by atoms with E-state index < -0.39 is 0 Å². The summed E-state index contributed by atoms with van der Waals surface area (Å²) in [7, 11) is 0. The first kappa shape index (κ1) is 12.6. The molecule has 1 aromatic rings. The molecule has 1 aliphatic rings. The summed E-state index contributed by atoms with van der Waals surface area (Å²) in [5, 5.41) is 3.68. The van der Waals surface area contributed by atoms with E-state index in [-0.39, 0.29) is 5.38 Å². The van der Waals surface area contributed by atoms with Crippen molar-refractivity contribution < 1.29 is 0 Å². The summed E-state index contributed by atoms with van der Waals surface area (Å²) in [6, 6.07) is 0. The van der Waals surface area contributed by atoms with Gasteiger partial charge in [0.25, 0.3) is 0 Å². The highest BCUT2D eigenvalue weighted by molar-refractivity contribution is 6.20. The Morgan fingerprint density at radius 3 is 3.00 bits per heavy atom. The van der Waals surface area contributed by atoms with Gasteiger partial charge in [-0.05, 0) is 45.4 Å². The molecule has 94 valence electrons. The molecule has 2 rings (SSSR count). The van der Waals surface area contributed by atoms with Crippen LogP contribution in [0.2, 0.25) is 0 Å². The Labute approximate surface area is 108 Å². The number of fused-ring (bicyclic) bond motifs is 1. The van der Waals surface area contributed by atoms with Crippen LogP contribution in [0.3, 0.4) is 0 Å². The lowest BCUT2D eigenvalue weighted by Gasteiger charge is -2.18. The van der Waals surface area contributed by atoms with E-state index in [4.69, 9.17) is 11.6 Å². The van der Waals surface area contributed by atoms with E-state index in [2.05, 4.69) is 15.3 Å². The molecule has 1 aliphatic carbocycles. The summed E-state index contributed by atoms with van der Waals surface area (Å²) in [6.45, 7) is 2.98. The molecule has 1 atom stereocenters. The first-order valence-corrected chi connectivity index (χ1v) is 6.91. The number of hydrogen-bond donors (Lipinski definition) is 1. The first-order chi connectivity index (χ1) is 8.27. The molecule has 0 spiro atoms. The second kappa shape index (κ2) is 6.20. The van der Waals surface area contributed by atoms with Crippen LogP contribution in [0.15, 0.2) is 6.33 Å². The number of nitrogens with one attached hydrogen (secondary N) is 1. The fourth-order valence-corrected chi connectivity index (χ4v) is 2.42. The summed E-state index contributed by atoms with van der Waals surface area (Å²) in [6.07, 6.45) is 8.54. The molecule has 0 amide bonds. The van der Waals surface area contributed by atoms with E-state index >= 15 is 0 Å². The smallest absolute Gasteiger partial charge is 0.132 e. The summed E-state index contributed by atoms with van der Waals surface area (Å²) < 4.78 is 0. The Balaban J connectivity index is 1.92. The van der Waals surface area contributed by atoms with Crippen LogP contribution >= 0.6 is 11.6 Å². The average molecular weight is 254 g/mol. The molecule has 3 nitrogen and oxygen atoms in total. The van der Waals surface area contributed by atoms with Gasteiger partial charge in [-0.1, -0.05) is 0 Å². The average Bonchev–Trinajstić information content (AvgIpc) is 2.34. The van der Waals surface area contributed by atoms with Crippen LogP contribution in [-0.4, -0.2) is 21.9 Å². The van der Waals surface area contributed by atoms with Crippen molar-refractivity contribution in [1.29, 1.82) is 0 Å². The molecular formula is C13H20ClN3. The van der Waals surface area contributed by atoms with Crippen LogP contribution in [-0.2, 0) is 12.8 Å². The maximum absolute atomic E-state index is 5.92. The van der Waals surface area contributed by atoms with Crippen LogP contribution in [0.4, 0.5) is 5.82 Å². The molecule has 0 fully saturated rings. The van der Waals surface area contributed by atoms with Gasteiger partial charge < -0.3 is 5.32 Å². The van der Waals surface area contributed by atoms with Crippen LogP contribution in [0.5, 0.6) is 0 Å². The summed E-state index contributed by atoms with van der Waals surface area (Å²) in [5.41, 5.74) is 2.57. The lowest BCUT2D eigenvalue weighted by molar-refractivity contribution is 0.662. The minimum absolute atomic E-state index is 0.260. The van der Waals surface area contributed by atoms with Gasteiger partial charge in [0.05, 0.1) is 0 Å². The number of aromatic nitrogens is 2. The predicted molar refractivity (Wildman–Crippen MR) is 71.7 cm³/mol. The highest BCUT2D eigenvalue weighted by Crippen LogP contribution is 2.24. The molecule has 17 heavy (non-hydrogen) atoms. The summed E-state index contributed by atoms with van der Waals surface area (Å²) in [5.74, 6) is 1.04. The van der Waals surface area contributed by atoms with Crippen molar-refractivity contribution in [3.8, 4) is 0 Å². The van der Waals surface area contributed by atoms with E-state index in [0.29, 0.717) is 0 Å². The van der Waals surface area contributed by atoms with Gasteiger partial charge in [-0.3, -0.25) is 0 Å². The lowest BCUT2D eigenvalue weighted by atomic mass is 9.96. The summed E-state index contributed by atoms with van der Waals surface area (Å²) >= 11 is 5.92. The monoisotopic (exact) mass is 253 g/mol.